The van der Waals surface area contributed by atoms with Crippen LogP contribution in [-0.4, -0.2) is 28.6 Å². The summed E-state index contributed by atoms with van der Waals surface area (Å²) in [6.07, 6.45) is 2.79. The summed E-state index contributed by atoms with van der Waals surface area (Å²) in [6, 6.07) is 11.3. The molecule has 0 spiro atoms. The second kappa shape index (κ2) is 7.32. The number of carbonyl (C=O) groups is 2. The van der Waals surface area contributed by atoms with Gasteiger partial charge in [0.05, 0.1) is 6.26 Å². The fraction of sp³-hybridized carbons (Fsp3) is 0.263. The van der Waals surface area contributed by atoms with Crippen molar-refractivity contribution in [3.63, 3.8) is 0 Å². The fourth-order valence-corrected chi connectivity index (χ4v) is 3.88. The summed E-state index contributed by atoms with van der Waals surface area (Å²) >= 11 is 1.29. The average molecular weight is 382 g/mol. The molecule has 2 amide bonds. The topological polar surface area (TPSA) is 88.3 Å². The molecule has 1 aromatic carbocycles. The molecule has 1 aliphatic heterocycles. The molecule has 7 nitrogen and oxygen atoms in total. The lowest BCUT2D eigenvalue weighted by atomic mass is 10.1. The van der Waals surface area contributed by atoms with Crippen molar-refractivity contribution in [3.05, 3.63) is 59.0 Å². The minimum absolute atomic E-state index is 0.0323. The van der Waals surface area contributed by atoms with Gasteiger partial charge in [-0.25, -0.2) is 0 Å². The van der Waals surface area contributed by atoms with Crippen LogP contribution in [0.25, 0.3) is 0 Å². The zero-order valence-electron chi connectivity index (χ0n) is 14.7. The zero-order valence-corrected chi connectivity index (χ0v) is 15.5. The van der Waals surface area contributed by atoms with Gasteiger partial charge in [-0.05, 0) is 36.2 Å². The summed E-state index contributed by atoms with van der Waals surface area (Å²) in [5.74, 6) is -0.122. The molecular weight excluding hydrogens is 364 g/mol. The molecule has 0 bridgehead atoms. The van der Waals surface area contributed by atoms with E-state index in [2.05, 4.69) is 22.4 Å². The molecule has 2 aromatic heterocycles. The minimum Gasteiger partial charge on any atom is -0.459 e. The monoisotopic (exact) mass is 382 g/mol. The Balaban J connectivity index is 1.44. The van der Waals surface area contributed by atoms with Crippen LogP contribution < -0.4 is 10.2 Å². The van der Waals surface area contributed by atoms with Gasteiger partial charge < -0.3 is 9.32 Å². The highest BCUT2D eigenvalue weighted by atomic mass is 32.1. The molecule has 3 heterocycles. The minimum atomic E-state index is -0.372. The third kappa shape index (κ3) is 3.61. The number of benzene rings is 1. The first-order valence-corrected chi connectivity index (χ1v) is 9.53. The Kier molecular flexibility index (Phi) is 4.72. The lowest BCUT2D eigenvalue weighted by Gasteiger charge is -2.16. The third-order valence-corrected chi connectivity index (χ3v) is 5.54. The van der Waals surface area contributed by atoms with Gasteiger partial charge >= 0.3 is 0 Å². The maximum atomic E-state index is 12.5. The normalized spacial score (nSPS) is 16.7. The van der Waals surface area contributed by atoms with Crippen molar-refractivity contribution in [2.24, 2.45) is 0 Å². The lowest BCUT2D eigenvalue weighted by Crippen LogP contribution is -2.24. The molecule has 1 aliphatic rings. The van der Waals surface area contributed by atoms with Crippen LogP contribution in [-0.2, 0) is 11.2 Å². The summed E-state index contributed by atoms with van der Waals surface area (Å²) in [4.78, 5) is 26.3. The van der Waals surface area contributed by atoms with Gasteiger partial charge in [-0.1, -0.05) is 30.4 Å². The molecule has 1 atom stereocenters. The Labute approximate surface area is 160 Å². The number of nitrogens with one attached hydrogen (secondary N) is 1. The zero-order chi connectivity index (χ0) is 18.8. The summed E-state index contributed by atoms with van der Waals surface area (Å²) in [6.45, 7) is 2.66. The number of hydrogen-bond donors (Lipinski definition) is 1. The summed E-state index contributed by atoms with van der Waals surface area (Å²) < 4.78 is 5.06. The largest absolute Gasteiger partial charge is 0.459 e. The van der Waals surface area contributed by atoms with E-state index in [-0.39, 0.29) is 23.5 Å². The molecule has 1 fully saturated rings. The SMILES string of the molecule is CCc1ccc(N2C[C@@H](c3nnc(NC(=O)c4ccco4)s3)CC2=O)cc1. The van der Waals surface area contributed by atoms with Crippen molar-refractivity contribution in [1.29, 1.82) is 0 Å². The smallest absolute Gasteiger partial charge is 0.293 e. The molecule has 0 radical (unpaired) electrons. The number of rotatable bonds is 5. The molecule has 0 saturated carbocycles. The highest BCUT2D eigenvalue weighted by Crippen LogP contribution is 2.34. The van der Waals surface area contributed by atoms with E-state index in [1.54, 1.807) is 17.0 Å². The predicted octanol–water partition coefficient (Wildman–Crippen LogP) is 3.47. The highest BCUT2D eigenvalue weighted by Gasteiger charge is 2.34. The Bertz CT molecular complexity index is 950. The van der Waals surface area contributed by atoms with E-state index >= 15 is 0 Å². The van der Waals surface area contributed by atoms with E-state index in [9.17, 15) is 9.59 Å². The van der Waals surface area contributed by atoms with Crippen LogP contribution in [0.15, 0.2) is 47.1 Å². The first-order chi connectivity index (χ1) is 13.1. The lowest BCUT2D eigenvalue weighted by molar-refractivity contribution is -0.117. The van der Waals surface area contributed by atoms with Crippen molar-refractivity contribution in [2.45, 2.75) is 25.7 Å². The fourth-order valence-electron chi connectivity index (χ4n) is 3.05. The Morgan fingerprint density at radius 1 is 1.30 bits per heavy atom. The number of aromatic nitrogens is 2. The number of amides is 2. The molecule has 1 saturated heterocycles. The van der Waals surface area contributed by atoms with E-state index in [0.717, 1.165) is 17.1 Å². The molecule has 1 N–H and O–H groups in total. The van der Waals surface area contributed by atoms with E-state index in [1.807, 2.05) is 24.3 Å². The molecule has 8 heteroatoms. The van der Waals surface area contributed by atoms with Crippen LogP contribution in [0.2, 0.25) is 0 Å². The van der Waals surface area contributed by atoms with E-state index < -0.39 is 0 Å². The standard InChI is InChI=1S/C19H18N4O3S/c1-2-12-5-7-14(8-6-12)23-11-13(10-16(23)24)18-21-22-19(27-18)20-17(25)15-4-3-9-26-15/h3-9,13H,2,10-11H2,1H3,(H,20,22,25)/t13-/m0/s1. The first kappa shape index (κ1) is 17.4. The second-order valence-electron chi connectivity index (χ2n) is 6.30. The second-order valence-corrected chi connectivity index (χ2v) is 7.31. The summed E-state index contributed by atoms with van der Waals surface area (Å²) in [5.41, 5.74) is 2.14. The third-order valence-electron chi connectivity index (χ3n) is 4.54. The van der Waals surface area contributed by atoms with Crippen molar-refractivity contribution in [3.8, 4) is 0 Å². The van der Waals surface area contributed by atoms with Crippen LogP contribution in [0.5, 0.6) is 0 Å². The van der Waals surface area contributed by atoms with Crippen LogP contribution >= 0.6 is 11.3 Å². The number of aryl methyl sites for hydroxylation is 1. The van der Waals surface area contributed by atoms with Gasteiger partial charge in [-0.3, -0.25) is 14.9 Å². The molecule has 0 unspecified atom stereocenters. The van der Waals surface area contributed by atoms with Crippen molar-refractivity contribution in [1.82, 2.24) is 10.2 Å². The Morgan fingerprint density at radius 3 is 2.81 bits per heavy atom. The molecule has 0 aliphatic carbocycles. The number of hydrogen-bond acceptors (Lipinski definition) is 6. The van der Waals surface area contributed by atoms with Crippen LogP contribution in [0.3, 0.4) is 0 Å². The van der Waals surface area contributed by atoms with Gasteiger partial charge in [-0.2, -0.15) is 0 Å². The van der Waals surface area contributed by atoms with Crippen LogP contribution in [0, 0.1) is 0 Å². The molecular formula is C19H18N4O3S. The van der Waals surface area contributed by atoms with Crippen LogP contribution in [0.1, 0.15) is 40.4 Å². The van der Waals surface area contributed by atoms with Crippen LogP contribution in [0.4, 0.5) is 10.8 Å². The van der Waals surface area contributed by atoms with Crippen molar-refractivity contribution < 1.29 is 14.0 Å². The number of carbonyl (C=O) groups excluding carboxylic acids is 2. The molecule has 138 valence electrons. The highest BCUT2D eigenvalue weighted by molar-refractivity contribution is 7.15. The number of furan rings is 1. The van der Waals surface area contributed by atoms with Gasteiger partial charge in [0, 0.05) is 24.6 Å². The number of nitrogens with zero attached hydrogens (tertiary/aromatic N) is 3. The van der Waals surface area contributed by atoms with E-state index in [1.165, 1.54) is 23.2 Å². The van der Waals surface area contributed by atoms with Gasteiger partial charge in [0.25, 0.3) is 5.91 Å². The van der Waals surface area contributed by atoms with Crippen molar-refractivity contribution >= 4 is 34.0 Å². The molecule has 27 heavy (non-hydrogen) atoms. The summed E-state index contributed by atoms with van der Waals surface area (Å²) in [7, 11) is 0. The van der Waals surface area contributed by atoms with Gasteiger partial charge in [-0.15, -0.1) is 10.2 Å². The van der Waals surface area contributed by atoms with E-state index in [4.69, 9.17) is 4.42 Å². The number of anilines is 2. The first-order valence-electron chi connectivity index (χ1n) is 8.71. The molecule has 3 aromatic rings. The Morgan fingerprint density at radius 2 is 2.11 bits per heavy atom. The quantitative estimate of drug-likeness (QED) is 0.730. The average Bonchev–Trinajstić information content (AvgIpc) is 3.42. The summed E-state index contributed by atoms with van der Waals surface area (Å²) in [5, 5.41) is 12.0. The van der Waals surface area contributed by atoms with Gasteiger partial charge in [0.2, 0.25) is 11.0 Å². The van der Waals surface area contributed by atoms with Gasteiger partial charge in [0.15, 0.2) is 5.76 Å². The maximum absolute atomic E-state index is 12.5. The van der Waals surface area contributed by atoms with Gasteiger partial charge in [0.1, 0.15) is 5.01 Å². The van der Waals surface area contributed by atoms with E-state index in [0.29, 0.717) is 18.1 Å². The van der Waals surface area contributed by atoms with Crippen molar-refractivity contribution in [2.75, 3.05) is 16.8 Å². The predicted molar refractivity (Wildman–Crippen MR) is 102 cm³/mol. The Hall–Kier alpha value is -3.00. The molecule has 4 rings (SSSR count). The maximum Gasteiger partial charge on any atom is 0.293 e.